The van der Waals surface area contributed by atoms with Gasteiger partial charge in [0.1, 0.15) is 17.5 Å². The van der Waals surface area contributed by atoms with Crippen LogP contribution < -0.4 is 5.73 Å². The average molecular weight is 649 g/mol. The summed E-state index contributed by atoms with van der Waals surface area (Å²) in [6.45, 7) is 2.83. The fourth-order valence-corrected chi connectivity index (χ4v) is 6.63. The van der Waals surface area contributed by atoms with Crippen LogP contribution in [0, 0.1) is 0 Å². The van der Waals surface area contributed by atoms with Crippen LogP contribution in [0.25, 0.3) is 28.0 Å². The number of amides is 2. The van der Waals surface area contributed by atoms with E-state index in [-0.39, 0.29) is 43.7 Å². The number of hydrogen-bond acceptors (Lipinski definition) is 8. The van der Waals surface area contributed by atoms with Gasteiger partial charge in [0.05, 0.1) is 22.1 Å². The largest absolute Gasteiger partial charge is 0.384 e. The summed E-state index contributed by atoms with van der Waals surface area (Å²) in [5.74, 6) is -0.188. The van der Waals surface area contributed by atoms with Gasteiger partial charge in [0.15, 0.2) is 5.65 Å². The highest BCUT2D eigenvalue weighted by Gasteiger charge is 2.44. The van der Waals surface area contributed by atoms with Crippen molar-refractivity contribution in [3.8, 4) is 22.4 Å². The van der Waals surface area contributed by atoms with Gasteiger partial charge in [0, 0.05) is 67.8 Å². The summed E-state index contributed by atoms with van der Waals surface area (Å²) >= 11 is 3.65. The smallest absolute Gasteiger partial charge is 0.254 e. The lowest BCUT2D eigenvalue weighted by atomic mass is 9.87. The molecule has 2 saturated heterocycles. The minimum absolute atomic E-state index is 0.0483. The van der Waals surface area contributed by atoms with E-state index in [1.165, 1.54) is 11.8 Å². The lowest BCUT2D eigenvalue weighted by Gasteiger charge is -2.42. The quantitative estimate of drug-likeness (QED) is 0.299. The van der Waals surface area contributed by atoms with E-state index in [0.717, 1.165) is 28.1 Å². The Morgan fingerprint density at radius 2 is 1.70 bits per heavy atom. The summed E-state index contributed by atoms with van der Waals surface area (Å²) in [6, 6.07) is 14.0. The summed E-state index contributed by atoms with van der Waals surface area (Å²) in [6.07, 6.45) is 4.08. The monoisotopic (exact) mass is 647 g/mol. The third kappa shape index (κ3) is 5.50. The highest BCUT2D eigenvalue weighted by Crippen LogP contribution is 2.38. The Morgan fingerprint density at radius 1 is 1.00 bits per heavy atom. The maximum absolute atomic E-state index is 13.4. The standard InChI is InChI=1S/C31H34BrN7O4/c1-19(40)29(41)37-15-11-31(43,12-16-37)30(42)38-13-9-21(10-14-38)26-25(32)27(33)39-28(36-26)23(18-35-39)22-7-8-24(34-17-22)20-5-3-2-4-6-20/h2-8,17-19,21,40,43H,9-16,33H2,1H3. The van der Waals surface area contributed by atoms with Crippen LogP contribution in [0.2, 0.25) is 0 Å². The molecule has 0 saturated carbocycles. The van der Waals surface area contributed by atoms with E-state index in [1.54, 1.807) is 15.6 Å². The molecule has 2 amide bonds. The summed E-state index contributed by atoms with van der Waals surface area (Å²) in [7, 11) is 0. The maximum Gasteiger partial charge on any atom is 0.254 e. The molecule has 11 nitrogen and oxygen atoms in total. The van der Waals surface area contributed by atoms with Gasteiger partial charge in [-0.05, 0) is 41.8 Å². The summed E-state index contributed by atoms with van der Waals surface area (Å²) in [5.41, 5.74) is 10.1. The number of hydrogen-bond donors (Lipinski definition) is 3. The second-order valence-corrected chi connectivity index (χ2v) is 12.2. The number of fused-ring (bicyclic) bond motifs is 1. The lowest BCUT2D eigenvalue weighted by molar-refractivity contribution is -0.161. The minimum atomic E-state index is -1.51. The fraction of sp³-hybridized carbons (Fsp3) is 0.387. The first-order valence-corrected chi connectivity index (χ1v) is 15.3. The van der Waals surface area contributed by atoms with Crippen LogP contribution in [0.1, 0.15) is 44.2 Å². The van der Waals surface area contributed by atoms with Gasteiger partial charge in [-0.2, -0.15) is 9.61 Å². The van der Waals surface area contributed by atoms with Crippen LogP contribution in [0.5, 0.6) is 0 Å². The topological polar surface area (TPSA) is 150 Å². The molecule has 2 aliphatic rings. The fourth-order valence-electron chi connectivity index (χ4n) is 6.05. The number of benzene rings is 1. The molecule has 43 heavy (non-hydrogen) atoms. The predicted octanol–water partition coefficient (Wildman–Crippen LogP) is 3.24. The van der Waals surface area contributed by atoms with Gasteiger partial charge in [-0.3, -0.25) is 14.6 Å². The Hall–Kier alpha value is -3.87. The Balaban J connectivity index is 1.17. The molecule has 5 heterocycles. The Kier molecular flexibility index (Phi) is 7.92. The highest BCUT2D eigenvalue weighted by molar-refractivity contribution is 9.10. The Bertz CT molecular complexity index is 1640. The number of halogens is 1. The minimum Gasteiger partial charge on any atom is -0.384 e. The molecule has 4 aromatic rings. The van der Waals surface area contributed by atoms with E-state index in [2.05, 4.69) is 26.0 Å². The summed E-state index contributed by atoms with van der Waals surface area (Å²) < 4.78 is 2.31. The lowest BCUT2D eigenvalue weighted by Crippen LogP contribution is -2.57. The van der Waals surface area contributed by atoms with Crippen LogP contribution in [0.4, 0.5) is 5.82 Å². The van der Waals surface area contributed by atoms with Crippen molar-refractivity contribution in [1.82, 2.24) is 29.4 Å². The van der Waals surface area contributed by atoms with Crippen LogP contribution in [0.3, 0.4) is 0 Å². The van der Waals surface area contributed by atoms with Gasteiger partial charge in [0.2, 0.25) is 0 Å². The molecule has 2 aliphatic heterocycles. The van der Waals surface area contributed by atoms with Crippen LogP contribution >= 0.6 is 15.9 Å². The zero-order valence-corrected chi connectivity index (χ0v) is 25.4. The molecule has 3 aromatic heterocycles. The Labute approximate surface area is 257 Å². The predicted molar refractivity (Wildman–Crippen MR) is 165 cm³/mol. The second kappa shape index (κ2) is 11.7. The normalized spacial score (nSPS) is 18.1. The van der Waals surface area contributed by atoms with Crippen molar-refractivity contribution in [3.05, 3.63) is 65.0 Å². The third-order valence-electron chi connectivity index (χ3n) is 8.62. The number of aromatic nitrogens is 4. The van der Waals surface area contributed by atoms with Gasteiger partial charge < -0.3 is 25.7 Å². The number of nitrogens with zero attached hydrogens (tertiary/aromatic N) is 6. The number of nitrogen functional groups attached to an aromatic ring is 1. The third-order valence-corrected chi connectivity index (χ3v) is 9.43. The first kappa shape index (κ1) is 29.2. The molecular formula is C31H34BrN7O4. The second-order valence-electron chi connectivity index (χ2n) is 11.4. The van der Waals surface area contributed by atoms with Crippen molar-refractivity contribution in [2.75, 3.05) is 31.9 Å². The first-order valence-electron chi connectivity index (χ1n) is 14.5. The number of carbonyl (C=O) groups excluding carboxylic acids is 2. The number of rotatable bonds is 5. The molecule has 1 unspecified atom stereocenters. The number of nitrogens with two attached hydrogens (primary N) is 1. The van der Waals surface area contributed by atoms with Crippen molar-refractivity contribution < 1.29 is 19.8 Å². The van der Waals surface area contributed by atoms with Crippen molar-refractivity contribution >= 4 is 39.2 Å². The average Bonchev–Trinajstić information content (AvgIpc) is 3.47. The molecule has 6 rings (SSSR count). The van der Waals surface area contributed by atoms with Gasteiger partial charge in [0.25, 0.3) is 11.8 Å². The molecule has 4 N–H and O–H groups in total. The highest BCUT2D eigenvalue weighted by atomic mass is 79.9. The molecule has 12 heteroatoms. The number of piperidine rings is 2. The summed E-state index contributed by atoms with van der Waals surface area (Å²) in [5, 5.41) is 25.2. The first-order chi connectivity index (χ1) is 20.7. The number of aliphatic hydroxyl groups is 2. The van der Waals surface area contributed by atoms with Gasteiger partial charge in [-0.15, -0.1) is 0 Å². The number of aliphatic hydroxyl groups excluding tert-OH is 1. The van der Waals surface area contributed by atoms with E-state index in [9.17, 15) is 19.8 Å². The van der Waals surface area contributed by atoms with E-state index in [1.807, 2.05) is 48.7 Å². The number of carbonyl (C=O) groups is 2. The molecule has 1 atom stereocenters. The summed E-state index contributed by atoms with van der Waals surface area (Å²) in [4.78, 5) is 38.4. The van der Waals surface area contributed by atoms with Gasteiger partial charge in [-0.25, -0.2) is 4.98 Å². The van der Waals surface area contributed by atoms with Crippen LogP contribution in [-0.4, -0.2) is 89.3 Å². The molecular weight excluding hydrogens is 614 g/mol. The molecule has 0 radical (unpaired) electrons. The van der Waals surface area contributed by atoms with Gasteiger partial charge in [-0.1, -0.05) is 36.4 Å². The number of anilines is 1. The van der Waals surface area contributed by atoms with Crippen LogP contribution in [-0.2, 0) is 9.59 Å². The molecule has 2 fully saturated rings. The molecule has 1 aromatic carbocycles. The molecule has 0 aliphatic carbocycles. The van der Waals surface area contributed by atoms with E-state index >= 15 is 0 Å². The van der Waals surface area contributed by atoms with E-state index < -0.39 is 11.7 Å². The van der Waals surface area contributed by atoms with Crippen molar-refractivity contribution in [2.24, 2.45) is 0 Å². The van der Waals surface area contributed by atoms with Gasteiger partial charge >= 0.3 is 0 Å². The number of likely N-dealkylation sites (tertiary alicyclic amines) is 2. The zero-order valence-electron chi connectivity index (χ0n) is 23.9. The van der Waals surface area contributed by atoms with Crippen molar-refractivity contribution in [2.45, 2.75) is 50.2 Å². The maximum atomic E-state index is 13.4. The van der Waals surface area contributed by atoms with Crippen molar-refractivity contribution in [3.63, 3.8) is 0 Å². The van der Waals surface area contributed by atoms with E-state index in [0.29, 0.717) is 41.9 Å². The molecule has 0 bridgehead atoms. The molecule has 224 valence electrons. The number of pyridine rings is 1. The van der Waals surface area contributed by atoms with Crippen LogP contribution in [0.15, 0.2) is 59.3 Å². The zero-order chi connectivity index (χ0) is 30.3. The SMILES string of the molecule is CC(O)C(=O)N1CCC(O)(C(=O)N2CCC(c3nc4c(-c5ccc(-c6ccccc6)nc5)cnn4c(N)c3Br)CC2)CC1. The van der Waals surface area contributed by atoms with E-state index in [4.69, 9.17) is 10.7 Å². The Morgan fingerprint density at radius 3 is 2.33 bits per heavy atom. The molecule has 0 spiro atoms. The van der Waals surface area contributed by atoms with Crippen molar-refractivity contribution in [1.29, 1.82) is 0 Å².